The predicted molar refractivity (Wildman–Crippen MR) is 105 cm³/mol. The Morgan fingerprint density at radius 1 is 1.11 bits per heavy atom. The maximum atomic E-state index is 6.09. The standard InChI is InChI=1S/C23H23NO3/c1-23(18-8-3-2-4-9-18)12-17(13-23)22(24-26-15-19-14-25-19)21-11-16-7-5-6-10-20(16)27-21/h2-11,17,19H,12-15H2,1H3/t17?,19-,23?/m1/s1. The third kappa shape index (κ3) is 3.26. The lowest BCUT2D eigenvalue weighted by molar-refractivity contribution is 0.119. The summed E-state index contributed by atoms with van der Waals surface area (Å²) in [6.07, 6.45) is 2.27. The quantitative estimate of drug-likeness (QED) is 0.356. The van der Waals surface area contributed by atoms with Gasteiger partial charge in [-0.25, -0.2) is 0 Å². The molecule has 1 saturated heterocycles. The van der Waals surface area contributed by atoms with E-state index in [4.69, 9.17) is 14.0 Å². The van der Waals surface area contributed by atoms with E-state index in [0.29, 0.717) is 12.5 Å². The molecule has 2 fully saturated rings. The van der Waals surface area contributed by atoms with Gasteiger partial charge in [-0.05, 0) is 36.0 Å². The second kappa shape index (κ2) is 6.54. The van der Waals surface area contributed by atoms with Gasteiger partial charge in [-0.3, -0.25) is 0 Å². The summed E-state index contributed by atoms with van der Waals surface area (Å²) in [5, 5.41) is 5.59. The highest BCUT2D eigenvalue weighted by atomic mass is 16.7. The highest BCUT2D eigenvalue weighted by molar-refractivity contribution is 6.03. The van der Waals surface area contributed by atoms with Crippen molar-refractivity contribution in [3.63, 3.8) is 0 Å². The first-order valence-corrected chi connectivity index (χ1v) is 9.57. The van der Waals surface area contributed by atoms with Crippen LogP contribution in [-0.4, -0.2) is 25.0 Å². The average Bonchev–Trinajstić information content (AvgIpc) is 3.40. The number of nitrogens with zero attached hydrogens (tertiary/aromatic N) is 1. The topological polar surface area (TPSA) is 47.3 Å². The van der Waals surface area contributed by atoms with E-state index >= 15 is 0 Å². The van der Waals surface area contributed by atoms with Crippen LogP contribution in [0.15, 0.2) is 70.2 Å². The van der Waals surface area contributed by atoms with Gasteiger partial charge in [-0.2, -0.15) is 0 Å². The van der Waals surface area contributed by atoms with Crippen LogP contribution < -0.4 is 0 Å². The van der Waals surface area contributed by atoms with Crippen LogP contribution in [-0.2, 0) is 15.0 Å². The van der Waals surface area contributed by atoms with Crippen LogP contribution in [0.25, 0.3) is 11.0 Å². The van der Waals surface area contributed by atoms with Crippen molar-refractivity contribution in [3.05, 3.63) is 72.0 Å². The first-order chi connectivity index (χ1) is 13.2. The molecule has 0 unspecified atom stereocenters. The summed E-state index contributed by atoms with van der Waals surface area (Å²) in [7, 11) is 0. The summed E-state index contributed by atoms with van der Waals surface area (Å²) in [5.41, 5.74) is 3.37. The molecule has 0 radical (unpaired) electrons. The molecule has 27 heavy (non-hydrogen) atoms. The molecule has 4 heteroatoms. The first kappa shape index (κ1) is 16.6. The molecule has 1 aromatic heterocycles. The van der Waals surface area contributed by atoms with Gasteiger partial charge in [0.25, 0.3) is 0 Å². The highest BCUT2D eigenvalue weighted by Gasteiger charge is 2.45. The molecule has 1 saturated carbocycles. The lowest BCUT2D eigenvalue weighted by Gasteiger charge is -2.45. The van der Waals surface area contributed by atoms with Crippen LogP contribution in [0.3, 0.4) is 0 Å². The van der Waals surface area contributed by atoms with E-state index in [9.17, 15) is 0 Å². The van der Waals surface area contributed by atoms with Crippen molar-refractivity contribution >= 4 is 16.7 Å². The molecule has 1 atom stereocenters. The lowest BCUT2D eigenvalue weighted by atomic mass is 9.58. The van der Waals surface area contributed by atoms with Crippen molar-refractivity contribution in [1.82, 2.24) is 0 Å². The van der Waals surface area contributed by atoms with Crippen molar-refractivity contribution in [2.45, 2.75) is 31.3 Å². The minimum absolute atomic E-state index is 0.179. The zero-order valence-electron chi connectivity index (χ0n) is 15.4. The molecular weight excluding hydrogens is 338 g/mol. The van der Waals surface area contributed by atoms with Gasteiger partial charge >= 0.3 is 0 Å². The Bertz CT molecular complexity index is 932. The smallest absolute Gasteiger partial charge is 0.153 e. The number of benzene rings is 2. The van der Waals surface area contributed by atoms with Crippen molar-refractivity contribution in [2.24, 2.45) is 11.1 Å². The summed E-state index contributed by atoms with van der Waals surface area (Å²) >= 11 is 0. The Morgan fingerprint density at radius 2 is 1.85 bits per heavy atom. The zero-order valence-corrected chi connectivity index (χ0v) is 15.4. The fourth-order valence-corrected chi connectivity index (χ4v) is 4.08. The molecule has 4 nitrogen and oxygen atoms in total. The van der Waals surface area contributed by atoms with E-state index in [-0.39, 0.29) is 11.5 Å². The molecule has 138 valence electrons. The molecule has 2 aromatic carbocycles. The summed E-state index contributed by atoms with van der Waals surface area (Å²) in [4.78, 5) is 5.60. The monoisotopic (exact) mass is 361 g/mol. The number of fused-ring (bicyclic) bond motifs is 1. The summed E-state index contributed by atoms with van der Waals surface area (Å²) in [6.45, 7) is 3.60. The van der Waals surface area contributed by atoms with Crippen molar-refractivity contribution in [2.75, 3.05) is 13.2 Å². The van der Waals surface area contributed by atoms with Gasteiger partial charge in [0.2, 0.25) is 0 Å². The molecule has 0 bridgehead atoms. The van der Waals surface area contributed by atoms with Gasteiger partial charge in [0.15, 0.2) is 5.76 Å². The molecule has 3 aromatic rings. The lowest BCUT2D eigenvalue weighted by Crippen LogP contribution is -2.42. The molecule has 1 aliphatic heterocycles. The Balaban J connectivity index is 1.40. The van der Waals surface area contributed by atoms with E-state index < -0.39 is 0 Å². The molecule has 0 amide bonds. The summed E-state index contributed by atoms with van der Waals surface area (Å²) in [5.74, 6) is 1.14. The maximum absolute atomic E-state index is 6.09. The van der Waals surface area contributed by atoms with Gasteiger partial charge in [0.05, 0.1) is 6.61 Å². The van der Waals surface area contributed by atoms with E-state index in [1.807, 2.05) is 18.2 Å². The number of ether oxygens (including phenoxy) is 1. The van der Waals surface area contributed by atoms with Crippen LogP contribution in [0, 0.1) is 5.92 Å². The minimum Gasteiger partial charge on any atom is -0.455 e. The SMILES string of the molecule is CC1(c2ccccc2)CC(C(=NOC[C@H]2CO2)c2cc3ccccc3o2)C1. The largest absolute Gasteiger partial charge is 0.455 e. The molecule has 5 rings (SSSR count). The van der Waals surface area contributed by atoms with Gasteiger partial charge in [-0.15, -0.1) is 0 Å². The Labute approximate surface area is 158 Å². The van der Waals surface area contributed by atoms with Crippen LogP contribution in [0.5, 0.6) is 0 Å². The molecule has 1 aliphatic carbocycles. The van der Waals surface area contributed by atoms with E-state index in [0.717, 1.165) is 41.9 Å². The number of oxime groups is 1. The fourth-order valence-electron chi connectivity index (χ4n) is 4.08. The fraction of sp³-hybridized carbons (Fsp3) is 0.348. The number of para-hydroxylation sites is 1. The molecule has 2 heterocycles. The summed E-state index contributed by atoms with van der Waals surface area (Å²) in [6, 6.07) is 20.9. The normalized spacial score (nSPS) is 27.4. The van der Waals surface area contributed by atoms with Crippen LogP contribution in [0.2, 0.25) is 0 Å². The van der Waals surface area contributed by atoms with Crippen molar-refractivity contribution in [3.8, 4) is 0 Å². The molecular formula is C23H23NO3. The maximum Gasteiger partial charge on any atom is 0.153 e. The van der Waals surface area contributed by atoms with Gasteiger partial charge in [-0.1, -0.05) is 60.6 Å². The number of hydrogen-bond donors (Lipinski definition) is 0. The molecule has 0 spiro atoms. The van der Waals surface area contributed by atoms with E-state index in [1.54, 1.807) is 0 Å². The number of furan rings is 1. The molecule has 2 aliphatic rings. The van der Waals surface area contributed by atoms with Gasteiger partial charge in [0, 0.05) is 11.3 Å². The number of rotatable bonds is 6. The Kier molecular flexibility index (Phi) is 4.01. The number of hydrogen-bond acceptors (Lipinski definition) is 4. The zero-order chi connectivity index (χ0) is 18.3. The average molecular weight is 361 g/mol. The Hall–Kier alpha value is -2.59. The number of epoxide rings is 1. The van der Waals surface area contributed by atoms with Crippen molar-refractivity contribution < 1.29 is 14.0 Å². The second-order valence-electron chi connectivity index (χ2n) is 7.91. The van der Waals surface area contributed by atoms with Crippen LogP contribution >= 0.6 is 0 Å². The van der Waals surface area contributed by atoms with Gasteiger partial charge < -0.3 is 14.0 Å². The first-order valence-electron chi connectivity index (χ1n) is 9.57. The van der Waals surface area contributed by atoms with E-state index in [2.05, 4.69) is 54.5 Å². The third-order valence-electron chi connectivity index (χ3n) is 5.75. The predicted octanol–water partition coefficient (Wildman–Crippen LogP) is 4.92. The third-order valence-corrected chi connectivity index (χ3v) is 5.75. The minimum atomic E-state index is 0.179. The van der Waals surface area contributed by atoms with Crippen LogP contribution in [0.4, 0.5) is 0 Å². The van der Waals surface area contributed by atoms with E-state index in [1.165, 1.54) is 5.56 Å². The van der Waals surface area contributed by atoms with Gasteiger partial charge in [0.1, 0.15) is 24.0 Å². The summed E-state index contributed by atoms with van der Waals surface area (Å²) < 4.78 is 11.3. The highest BCUT2D eigenvalue weighted by Crippen LogP contribution is 2.49. The van der Waals surface area contributed by atoms with Crippen molar-refractivity contribution in [1.29, 1.82) is 0 Å². The second-order valence-corrected chi connectivity index (χ2v) is 7.91. The molecule has 0 N–H and O–H groups in total. The van der Waals surface area contributed by atoms with Crippen LogP contribution in [0.1, 0.15) is 31.1 Å². The Morgan fingerprint density at radius 3 is 2.59 bits per heavy atom.